The number of methoxy groups -OCH3 is 1. The van der Waals surface area contributed by atoms with Crippen LogP contribution < -0.4 is 19.9 Å². The molecule has 0 aromatic heterocycles. The Bertz CT molecular complexity index is 1120. The first kappa shape index (κ1) is 21.4. The highest BCUT2D eigenvalue weighted by Gasteiger charge is 2.39. The summed E-state index contributed by atoms with van der Waals surface area (Å²) in [7, 11) is 1.59. The van der Waals surface area contributed by atoms with Gasteiger partial charge in [-0.15, -0.1) is 0 Å². The fourth-order valence-electron chi connectivity index (χ4n) is 4.39. The van der Waals surface area contributed by atoms with Crippen LogP contribution in [0.1, 0.15) is 19.4 Å². The molecule has 4 rings (SSSR count). The van der Waals surface area contributed by atoms with E-state index in [4.69, 9.17) is 4.74 Å². The molecule has 0 saturated heterocycles. The summed E-state index contributed by atoms with van der Waals surface area (Å²) >= 11 is 0. The van der Waals surface area contributed by atoms with Crippen molar-refractivity contribution in [3.05, 3.63) is 84.4 Å². The zero-order chi connectivity index (χ0) is 22.7. The van der Waals surface area contributed by atoms with Crippen molar-refractivity contribution in [1.29, 1.82) is 0 Å². The highest BCUT2D eigenvalue weighted by Crippen LogP contribution is 2.35. The van der Waals surface area contributed by atoms with Crippen molar-refractivity contribution in [2.75, 3.05) is 22.2 Å². The number of hydrogen-bond donors (Lipinski definition) is 1. The summed E-state index contributed by atoms with van der Waals surface area (Å²) in [6, 6.07) is 24.0. The molecule has 0 radical (unpaired) electrons. The number of rotatable bonds is 4. The molecule has 2 atom stereocenters. The molecule has 32 heavy (non-hydrogen) atoms. The Morgan fingerprint density at radius 3 is 2.44 bits per heavy atom. The van der Waals surface area contributed by atoms with Crippen molar-refractivity contribution in [3.8, 4) is 5.75 Å². The maximum Gasteiger partial charge on any atom is 0.326 e. The van der Waals surface area contributed by atoms with Gasteiger partial charge < -0.3 is 15.0 Å². The minimum absolute atomic E-state index is 0.0550. The van der Waals surface area contributed by atoms with Crippen LogP contribution in [0.2, 0.25) is 0 Å². The van der Waals surface area contributed by atoms with E-state index in [0.717, 1.165) is 16.9 Å². The number of anilines is 3. The van der Waals surface area contributed by atoms with E-state index in [9.17, 15) is 9.59 Å². The van der Waals surface area contributed by atoms with Gasteiger partial charge in [0.05, 0.1) is 19.2 Å². The van der Waals surface area contributed by atoms with Crippen molar-refractivity contribution in [1.82, 2.24) is 0 Å². The van der Waals surface area contributed by atoms with Crippen LogP contribution in [0.4, 0.5) is 21.9 Å². The van der Waals surface area contributed by atoms with Gasteiger partial charge in [0.25, 0.3) is 0 Å². The molecule has 6 heteroatoms. The average molecular weight is 430 g/mol. The van der Waals surface area contributed by atoms with E-state index in [2.05, 4.69) is 5.32 Å². The van der Waals surface area contributed by atoms with Crippen LogP contribution >= 0.6 is 0 Å². The number of ether oxygens (including phenoxy) is 1. The maximum absolute atomic E-state index is 13.5. The second-order valence-corrected chi connectivity index (χ2v) is 7.90. The lowest BCUT2D eigenvalue weighted by Gasteiger charge is -2.45. The highest BCUT2D eigenvalue weighted by molar-refractivity contribution is 6.04. The molecule has 0 saturated carbocycles. The standard InChI is InChI=1S/C26H27N3O3/c1-18-25(29(19(2)30)22-12-5-4-6-13-22)16-20-10-7-8-15-24(20)28(18)26(31)27-21-11-9-14-23(17-21)32-3/h4-15,17-18,25H,16H2,1-3H3,(H,27,31)/t18-,25-/m1/s1. The lowest BCUT2D eigenvalue weighted by atomic mass is 9.90. The smallest absolute Gasteiger partial charge is 0.326 e. The second kappa shape index (κ2) is 9.14. The Labute approximate surface area is 188 Å². The minimum atomic E-state index is -0.250. The summed E-state index contributed by atoms with van der Waals surface area (Å²) < 4.78 is 5.27. The number of urea groups is 1. The molecule has 1 aliphatic heterocycles. The Morgan fingerprint density at radius 2 is 1.72 bits per heavy atom. The summed E-state index contributed by atoms with van der Waals surface area (Å²) in [5.74, 6) is 0.611. The number of carbonyl (C=O) groups is 2. The van der Waals surface area contributed by atoms with E-state index in [-0.39, 0.29) is 24.0 Å². The number of nitrogens with zero attached hydrogens (tertiary/aromatic N) is 2. The lowest BCUT2D eigenvalue weighted by molar-refractivity contribution is -0.117. The fourth-order valence-corrected chi connectivity index (χ4v) is 4.39. The third kappa shape index (κ3) is 4.17. The van der Waals surface area contributed by atoms with Crippen LogP contribution in [0.5, 0.6) is 5.75 Å². The average Bonchev–Trinajstić information content (AvgIpc) is 2.80. The van der Waals surface area contributed by atoms with Gasteiger partial charge in [-0.2, -0.15) is 0 Å². The van der Waals surface area contributed by atoms with Crippen molar-refractivity contribution < 1.29 is 14.3 Å². The van der Waals surface area contributed by atoms with Crippen molar-refractivity contribution in [2.24, 2.45) is 0 Å². The van der Waals surface area contributed by atoms with Gasteiger partial charge in [0, 0.05) is 30.1 Å². The van der Waals surface area contributed by atoms with Crippen LogP contribution in [0.15, 0.2) is 78.9 Å². The molecule has 0 aliphatic carbocycles. The van der Waals surface area contributed by atoms with Gasteiger partial charge in [0.1, 0.15) is 5.75 Å². The molecule has 3 aromatic carbocycles. The normalized spacial score (nSPS) is 17.3. The minimum Gasteiger partial charge on any atom is -0.497 e. The predicted molar refractivity (Wildman–Crippen MR) is 127 cm³/mol. The van der Waals surface area contributed by atoms with Gasteiger partial charge >= 0.3 is 6.03 Å². The van der Waals surface area contributed by atoms with E-state index in [1.165, 1.54) is 0 Å². The molecule has 1 aliphatic rings. The first-order valence-corrected chi connectivity index (χ1v) is 10.7. The Balaban J connectivity index is 1.71. The Hall–Kier alpha value is -3.80. The molecular formula is C26H27N3O3. The first-order chi connectivity index (χ1) is 15.5. The van der Waals surface area contributed by atoms with Gasteiger partial charge in [0.15, 0.2) is 0 Å². The molecule has 1 N–H and O–H groups in total. The Kier molecular flexibility index (Phi) is 6.12. The van der Waals surface area contributed by atoms with Crippen LogP contribution in [0.25, 0.3) is 0 Å². The van der Waals surface area contributed by atoms with Gasteiger partial charge in [-0.3, -0.25) is 9.69 Å². The summed E-state index contributed by atoms with van der Waals surface area (Å²) in [5.41, 5.74) is 3.35. The monoisotopic (exact) mass is 429 g/mol. The van der Waals surface area contributed by atoms with E-state index in [1.807, 2.05) is 79.7 Å². The molecule has 0 bridgehead atoms. The predicted octanol–water partition coefficient (Wildman–Crippen LogP) is 5.10. The number of amides is 3. The third-order valence-corrected chi connectivity index (χ3v) is 5.89. The van der Waals surface area contributed by atoms with Crippen LogP contribution in [0, 0.1) is 0 Å². The lowest BCUT2D eigenvalue weighted by Crippen LogP contribution is -2.58. The molecule has 0 fully saturated rings. The van der Waals surface area contributed by atoms with Crippen molar-refractivity contribution in [2.45, 2.75) is 32.4 Å². The van der Waals surface area contributed by atoms with Crippen molar-refractivity contribution in [3.63, 3.8) is 0 Å². The van der Waals surface area contributed by atoms with E-state index >= 15 is 0 Å². The van der Waals surface area contributed by atoms with Crippen molar-refractivity contribution >= 4 is 29.0 Å². The quantitative estimate of drug-likeness (QED) is 0.628. The SMILES string of the molecule is COc1cccc(NC(=O)N2c3ccccc3C[C@@H](N(C(C)=O)c3ccccc3)[C@H]2C)c1. The molecule has 3 amide bonds. The first-order valence-electron chi connectivity index (χ1n) is 10.7. The van der Waals surface area contributed by atoms with Gasteiger partial charge in [-0.05, 0) is 49.2 Å². The summed E-state index contributed by atoms with van der Waals surface area (Å²) in [5, 5.41) is 2.99. The van der Waals surface area contributed by atoms with Gasteiger partial charge in [-0.25, -0.2) is 4.79 Å². The topological polar surface area (TPSA) is 61.9 Å². The van der Waals surface area contributed by atoms with Gasteiger partial charge in [0.2, 0.25) is 5.91 Å². The van der Waals surface area contributed by atoms with Crippen LogP contribution in [-0.4, -0.2) is 31.1 Å². The molecular weight excluding hydrogens is 402 g/mol. The summed E-state index contributed by atoms with van der Waals surface area (Å²) in [4.78, 5) is 29.8. The summed E-state index contributed by atoms with van der Waals surface area (Å²) in [6.07, 6.45) is 0.661. The molecule has 0 spiro atoms. The number of para-hydroxylation sites is 2. The van der Waals surface area contributed by atoms with Crippen LogP contribution in [0.3, 0.4) is 0 Å². The zero-order valence-electron chi connectivity index (χ0n) is 18.5. The van der Waals surface area contributed by atoms with Crippen LogP contribution in [-0.2, 0) is 11.2 Å². The second-order valence-electron chi connectivity index (χ2n) is 7.90. The van der Waals surface area contributed by atoms with Gasteiger partial charge in [-0.1, -0.05) is 42.5 Å². The number of hydrogen-bond acceptors (Lipinski definition) is 3. The third-order valence-electron chi connectivity index (χ3n) is 5.89. The number of fused-ring (bicyclic) bond motifs is 1. The molecule has 164 valence electrons. The molecule has 6 nitrogen and oxygen atoms in total. The fraction of sp³-hybridized carbons (Fsp3) is 0.231. The molecule has 3 aromatic rings. The number of benzene rings is 3. The largest absolute Gasteiger partial charge is 0.497 e. The Morgan fingerprint density at radius 1 is 1.00 bits per heavy atom. The summed E-state index contributed by atoms with van der Waals surface area (Å²) in [6.45, 7) is 3.56. The highest BCUT2D eigenvalue weighted by atomic mass is 16.5. The molecule has 0 unspecified atom stereocenters. The number of carbonyl (C=O) groups excluding carboxylic acids is 2. The number of nitrogens with one attached hydrogen (secondary N) is 1. The van der Waals surface area contributed by atoms with E-state index in [0.29, 0.717) is 17.9 Å². The molecule has 1 heterocycles. The van der Waals surface area contributed by atoms with E-state index in [1.54, 1.807) is 29.9 Å². The maximum atomic E-state index is 13.5. The van der Waals surface area contributed by atoms with E-state index < -0.39 is 0 Å². The zero-order valence-corrected chi connectivity index (χ0v) is 18.5.